The van der Waals surface area contributed by atoms with Crippen LogP contribution >= 0.6 is 0 Å². The highest BCUT2D eigenvalue weighted by Crippen LogP contribution is 2.38. The van der Waals surface area contributed by atoms with Crippen molar-refractivity contribution in [1.29, 1.82) is 0 Å². The summed E-state index contributed by atoms with van der Waals surface area (Å²) < 4.78 is 19.6. The molecular weight excluding hydrogens is 243 g/mol. The molecule has 1 aliphatic rings. The number of ketones is 1. The molecule has 0 N–H and O–H groups in total. The van der Waals surface area contributed by atoms with E-state index in [1.165, 1.54) is 19.1 Å². The normalized spacial score (nSPS) is 12.9. The van der Waals surface area contributed by atoms with E-state index in [0.717, 1.165) is 23.3 Å². The molecule has 0 unspecified atom stereocenters. The molecule has 0 bridgehead atoms. The number of hydrogen-bond acceptors (Lipinski definition) is 2. The van der Waals surface area contributed by atoms with Crippen LogP contribution in [0.25, 0.3) is 11.1 Å². The van der Waals surface area contributed by atoms with Gasteiger partial charge in [-0.2, -0.15) is 0 Å². The Morgan fingerprint density at radius 1 is 1.21 bits per heavy atom. The van der Waals surface area contributed by atoms with Gasteiger partial charge >= 0.3 is 0 Å². The molecule has 96 valence electrons. The lowest BCUT2D eigenvalue weighted by Crippen LogP contribution is -1.96. The summed E-state index contributed by atoms with van der Waals surface area (Å²) in [7, 11) is 0. The smallest absolute Gasteiger partial charge is 0.159 e. The highest BCUT2D eigenvalue weighted by molar-refractivity contribution is 5.95. The number of hydrogen-bond donors (Lipinski definition) is 0. The molecule has 0 saturated heterocycles. The molecule has 0 aliphatic carbocycles. The molecule has 0 fully saturated rings. The average Bonchev–Trinajstić information content (AvgIpc) is 2.87. The topological polar surface area (TPSA) is 26.3 Å². The van der Waals surface area contributed by atoms with Crippen molar-refractivity contribution in [2.24, 2.45) is 0 Å². The van der Waals surface area contributed by atoms with Crippen LogP contribution in [0.2, 0.25) is 0 Å². The number of carbonyl (C=O) groups is 1. The van der Waals surface area contributed by atoms with E-state index in [1.54, 1.807) is 6.07 Å². The zero-order chi connectivity index (χ0) is 13.4. The maximum absolute atomic E-state index is 14.0. The molecule has 3 rings (SSSR count). The van der Waals surface area contributed by atoms with Crippen molar-refractivity contribution in [3.63, 3.8) is 0 Å². The Balaban J connectivity index is 2.20. The van der Waals surface area contributed by atoms with Crippen molar-refractivity contribution >= 4 is 5.78 Å². The average molecular weight is 256 g/mol. The second kappa shape index (κ2) is 4.50. The summed E-state index contributed by atoms with van der Waals surface area (Å²) in [6.45, 7) is 2.10. The van der Waals surface area contributed by atoms with Crippen LogP contribution in [0.5, 0.6) is 5.75 Å². The molecule has 0 spiro atoms. The minimum Gasteiger partial charge on any atom is -0.492 e. The number of Topliss-reactive ketones (excluding diaryl/α,β-unsaturated/α-hetero) is 1. The molecule has 19 heavy (non-hydrogen) atoms. The van der Waals surface area contributed by atoms with Crippen molar-refractivity contribution in [3.8, 4) is 16.9 Å². The van der Waals surface area contributed by atoms with Gasteiger partial charge in [-0.1, -0.05) is 18.2 Å². The third-order valence-corrected chi connectivity index (χ3v) is 3.38. The van der Waals surface area contributed by atoms with Crippen molar-refractivity contribution in [2.45, 2.75) is 13.3 Å². The van der Waals surface area contributed by atoms with Crippen LogP contribution in [0, 0.1) is 5.82 Å². The summed E-state index contributed by atoms with van der Waals surface area (Å²) >= 11 is 0. The molecule has 1 aliphatic heterocycles. The zero-order valence-corrected chi connectivity index (χ0v) is 10.6. The lowest BCUT2D eigenvalue weighted by Gasteiger charge is -2.10. The number of carbonyl (C=O) groups excluding carboxylic acids is 1. The maximum atomic E-state index is 14.0. The molecule has 0 amide bonds. The van der Waals surface area contributed by atoms with Crippen LogP contribution in [-0.4, -0.2) is 12.4 Å². The molecule has 0 atom stereocenters. The van der Waals surface area contributed by atoms with E-state index in [1.807, 2.05) is 18.2 Å². The third kappa shape index (κ3) is 2.01. The van der Waals surface area contributed by atoms with Crippen LogP contribution in [-0.2, 0) is 6.42 Å². The van der Waals surface area contributed by atoms with E-state index in [0.29, 0.717) is 17.7 Å². The second-order valence-electron chi connectivity index (χ2n) is 4.64. The summed E-state index contributed by atoms with van der Waals surface area (Å²) in [5.74, 6) is 0.325. The van der Waals surface area contributed by atoms with Crippen LogP contribution in [0.15, 0.2) is 36.4 Å². The summed E-state index contributed by atoms with van der Waals surface area (Å²) in [6.07, 6.45) is 0.844. The van der Waals surface area contributed by atoms with Crippen molar-refractivity contribution in [1.82, 2.24) is 0 Å². The molecule has 0 radical (unpaired) electrons. The number of rotatable bonds is 2. The number of ether oxygens (including phenoxy) is 1. The highest BCUT2D eigenvalue weighted by Gasteiger charge is 2.19. The summed E-state index contributed by atoms with van der Waals surface area (Å²) in [5, 5.41) is 0. The number of para-hydroxylation sites is 1. The predicted octanol–water partition coefficient (Wildman–Crippen LogP) is 3.63. The van der Waals surface area contributed by atoms with E-state index >= 15 is 0 Å². The highest BCUT2D eigenvalue weighted by atomic mass is 19.1. The maximum Gasteiger partial charge on any atom is 0.159 e. The Bertz CT molecular complexity index is 662. The standard InChI is InChI=1S/C16H13FO2/c1-10(18)12-5-6-15(17)14(9-12)13-4-2-3-11-7-8-19-16(11)13/h2-6,9H,7-8H2,1H3. The Morgan fingerprint density at radius 3 is 2.84 bits per heavy atom. The van der Waals surface area contributed by atoms with Crippen molar-refractivity contribution in [3.05, 3.63) is 53.3 Å². The van der Waals surface area contributed by atoms with Gasteiger partial charge in [-0.3, -0.25) is 4.79 Å². The van der Waals surface area contributed by atoms with Crippen molar-refractivity contribution < 1.29 is 13.9 Å². The Labute approximate surface area is 110 Å². The molecule has 2 nitrogen and oxygen atoms in total. The SMILES string of the molecule is CC(=O)c1ccc(F)c(-c2cccc3c2OCC3)c1. The van der Waals surface area contributed by atoms with Gasteiger partial charge in [-0.15, -0.1) is 0 Å². The second-order valence-corrected chi connectivity index (χ2v) is 4.64. The Kier molecular flexibility index (Phi) is 2.82. The van der Waals surface area contributed by atoms with E-state index in [2.05, 4.69) is 0 Å². The Hall–Kier alpha value is -2.16. The van der Waals surface area contributed by atoms with Crippen molar-refractivity contribution in [2.75, 3.05) is 6.61 Å². The van der Waals surface area contributed by atoms with Gasteiger partial charge in [-0.05, 0) is 30.7 Å². The first-order valence-corrected chi connectivity index (χ1v) is 6.22. The summed E-state index contributed by atoms with van der Waals surface area (Å²) in [6, 6.07) is 10.1. The summed E-state index contributed by atoms with van der Waals surface area (Å²) in [5.41, 5.74) is 2.74. The largest absolute Gasteiger partial charge is 0.492 e. The van der Waals surface area contributed by atoms with Crippen LogP contribution < -0.4 is 4.74 Å². The minimum absolute atomic E-state index is 0.0743. The van der Waals surface area contributed by atoms with E-state index < -0.39 is 0 Å². The number of fused-ring (bicyclic) bond motifs is 1. The van der Waals surface area contributed by atoms with E-state index in [4.69, 9.17) is 4.74 Å². The lowest BCUT2D eigenvalue weighted by molar-refractivity contribution is 0.101. The van der Waals surface area contributed by atoms with Gasteiger partial charge in [0.2, 0.25) is 0 Å². The van der Waals surface area contributed by atoms with Gasteiger partial charge < -0.3 is 4.74 Å². The number of halogens is 1. The molecular formula is C16H13FO2. The van der Waals surface area contributed by atoms with E-state index in [-0.39, 0.29) is 11.6 Å². The van der Waals surface area contributed by atoms with Gasteiger partial charge in [0.15, 0.2) is 5.78 Å². The fourth-order valence-electron chi connectivity index (χ4n) is 2.38. The molecule has 3 heteroatoms. The monoisotopic (exact) mass is 256 g/mol. The molecule has 1 heterocycles. The fourth-order valence-corrected chi connectivity index (χ4v) is 2.38. The molecule has 0 aromatic heterocycles. The molecule has 2 aromatic rings. The first-order valence-electron chi connectivity index (χ1n) is 6.22. The lowest BCUT2D eigenvalue weighted by atomic mass is 9.98. The van der Waals surface area contributed by atoms with Gasteiger partial charge in [0, 0.05) is 23.1 Å². The molecule has 0 saturated carbocycles. The van der Waals surface area contributed by atoms with E-state index in [9.17, 15) is 9.18 Å². The quantitative estimate of drug-likeness (QED) is 0.767. The predicted molar refractivity (Wildman–Crippen MR) is 71.0 cm³/mol. The number of benzene rings is 2. The van der Waals surface area contributed by atoms with Crippen LogP contribution in [0.1, 0.15) is 22.8 Å². The van der Waals surface area contributed by atoms with Gasteiger partial charge in [0.1, 0.15) is 11.6 Å². The van der Waals surface area contributed by atoms with Crippen LogP contribution in [0.4, 0.5) is 4.39 Å². The minimum atomic E-state index is -0.339. The van der Waals surface area contributed by atoms with Gasteiger partial charge in [0.25, 0.3) is 0 Å². The van der Waals surface area contributed by atoms with Gasteiger partial charge in [0.05, 0.1) is 6.61 Å². The van der Waals surface area contributed by atoms with Crippen LogP contribution in [0.3, 0.4) is 0 Å². The van der Waals surface area contributed by atoms with Gasteiger partial charge in [-0.25, -0.2) is 4.39 Å². The zero-order valence-electron chi connectivity index (χ0n) is 10.6. The third-order valence-electron chi connectivity index (χ3n) is 3.38. The summed E-state index contributed by atoms with van der Waals surface area (Å²) in [4.78, 5) is 11.4. The first-order chi connectivity index (χ1) is 9.16. The molecule has 2 aromatic carbocycles. The first kappa shape index (κ1) is 11.9. The fraction of sp³-hybridized carbons (Fsp3) is 0.188. The Morgan fingerprint density at radius 2 is 2.05 bits per heavy atom.